The number of rotatable bonds is 6. The van der Waals surface area contributed by atoms with Crippen LogP contribution in [0.4, 0.5) is 4.39 Å². The Kier molecular flexibility index (Phi) is 4.42. The highest BCUT2D eigenvalue weighted by Crippen LogP contribution is 2.43. The Bertz CT molecular complexity index is 1030. The summed E-state index contributed by atoms with van der Waals surface area (Å²) in [5.74, 6) is -0.361. The molecule has 1 heterocycles. The van der Waals surface area contributed by atoms with Gasteiger partial charge >= 0.3 is 12.0 Å². The number of hydrogen-bond donors (Lipinski definition) is 1. The maximum Gasteiger partial charge on any atom is 0.319 e. The van der Waals surface area contributed by atoms with Gasteiger partial charge in [0.15, 0.2) is 5.16 Å². The first-order chi connectivity index (χ1) is 12.9. The SMILES string of the molecule is CC(C)(Sc1nnc(F)n1Cc1ccc(C2CC2)c2ccccc12)C(=O)O. The summed E-state index contributed by atoms with van der Waals surface area (Å²) in [5, 5.41) is 19.3. The number of carboxylic acids is 1. The molecule has 1 fully saturated rings. The molecule has 0 atom stereocenters. The maximum atomic E-state index is 14.3. The summed E-state index contributed by atoms with van der Waals surface area (Å²) in [6.45, 7) is 3.38. The van der Waals surface area contributed by atoms with Gasteiger partial charge in [0.1, 0.15) is 4.75 Å². The highest BCUT2D eigenvalue weighted by molar-refractivity contribution is 8.01. The van der Waals surface area contributed by atoms with Gasteiger partial charge in [0.25, 0.3) is 0 Å². The average molecular weight is 385 g/mol. The van der Waals surface area contributed by atoms with E-state index in [1.165, 1.54) is 28.4 Å². The quantitative estimate of drug-likeness (QED) is 0.635. The van der Waals surface area contributed by atoms with Crippen LogP contribution in [-0.2, 0) is 11.3 Å². The van der Waals surface area contributed by atoms with Gasteiger partial charge in [0.05, 0.1) is 6.54 Å². The largest absolute Gasteiger partial charge is 0.480 e. The van der Waals surface area contributed by atoms with Crippen molar-refractivity contribution in [2.75, 3.05) is 0 Å². The maximum absolute atomic E-state index is 14.3. The highest BCUT2D eigenvalue weighted by atomic mass is 32.2. The normalized spacial score (nSPS) is 14.6. The molecule has 140 valence electrons. The number of halogens is 1. The molecule has 0 spiro atoms. The minimum absolute atomic E-state index is 0.252. The Hall–Kier alpha value is -2.41. The number of nitrogens with zero attached hydrogens (tertiary/aromatic N) is 3. The first kappa shape index (κ1) is 18.0. The standard InChI is InChI=1S/C20H20FN3O2S/c1-20(2,17(25)26)27-19-23-22-18(21)24(19)11-13-9-10-15(12-7-8-12)16-6-4-3-5-14(13)16/h3-6,9-10,12H,7-8,11H2,1-2H3,(H,25,26). The van der Waals surface area contributed by atoms with E-state index in [0.717, 1.165) is 22.7 Å². The van der Waals surface area contributed by atoms with Crippen LogP contribution in [0.25, 0.3) is 10.8 Å². The van der Waals surface area contributed by atoms with Gasteiger partial charge in [-0.3, -0.25) is 9.36 Å². The molecule has 5 nitrogen and oxygen atoms in total. The Labute approximate surface area is 160 Å². The van der Waals surface area contributed by atoms with Crippen LogP contribution in [0.1, 0.15) is 43.7 Å². The molecule has 1 N–H and O–H groups in total. The van der Waals surface area contributed by atoms with Crippen LogP contribution in [0.5, 0.6) is 0 Å². The van der Waals surface area contributed by atoms with Crippen LogP contribution in [0.3, 0.4) is 0 Å². The summed E-state index contributed by atoms with van der Waals surface area (Å²) in [5.41, 5.74) is 2.31. The predicted molar refractivity (Wildman–Crippen MR) is 103 cm³/mol. The van der Waals surface area contributed by atoms with Gasteiger partial charge < -0.3 is 5.11 Å². The summed E-state index contributed by atoms with van der Waals surface area (Å²) >= 11 is 0.994. The van der Waals surface area contributed by atoms with Crippen molar-refractivity contribution in [3.05, 3.63) is 53.6 Å². The highest BCUT2D eigenvalue weighted by Gasteiger charge is 2.32. The summed E-state index contributed by atoms with van der Waals surface area (Å²) in [6.07, 6.45) is 1.72. The number of hydrogen-bond acceptors (Lipinski definition) is 4. The molecule has 27 heavy (non-hydrogen) atoms. The minimum atomic E-state index is -1.13. The van der Waals surface area contributed by atoms with Gasteiger partial charge in [-0.1, -0.05) is 53.3 Å². The third kappa shape index (κ3) is 3.43. The number of aromatic nitrogens is 3. The zero-order valence-electron chi connectivity index (χ0n) is 15.1. The fourth-order valence-corrected chi connectivity index (χ4v) is 4.07. The second-order valence-electron chi connectivity index (χ2n) is 7.39. The molecule has 0 saturated heterocycles. The summed E-state index contributed by atoms with van der Waals surface area (Å²) in [4.78, 5) is 11.4. The molecule has 3 aromatic rings. The fourth-order valence-electron chi connectivity index (χ4n) is 3.19. The topological polar surface area (TPSA) is 68.0 Å². The van der Waals surface area contributed by atoms with E-state index in [4.69, 9.17) is 0 Å². The van der Waals surface area contributed by atoms with E-state index in [1.807, 2.05) is 24.3 Å². The van der Waals surface area contributed by atoms with Crippen molar-refractivity contribution in [2.45, 2.75) is 49.1 Å². The summed E-state index contributed by atoms with van der Waals surface area (Å²) in [7, 11) is 0. The molecule has 1 aliphatic carbocycles. The molecule has 7 heteroatoms. The Morgan fingerprint density at radius 3 is 2.59 bits per heavy atom. The molecule has 2 aromatic carbocycles. The smallest absolute Gasteiger partial charge is 0.319 e. The van der Waals surface area contributed by atoms with Crippen molar-refractivity contribution in [3.8, 4) is 0 Å². The van der Waals surface area contributed by atoms with E-state index >= 15 is 0 Å². The molecule has 0 amide bonds. The second kappa shape index (κ2) is 6.64. The van der Waals surface area contributed by atoms with E-state index < -0.39 is 16.8 Å². The third-order valence-electron chi connectivity index (χ3n) is 4.93. The number of carbonyl (C=O) groups is 1. The molecule has 1 aromatic heterocycles. The number of benzene rings is 2. The van der Waals surface area contributed by atoms with Crippen LogP contribution in [0, 0.1) is 6.08 Å². The van der Waals surface area contributed by atoms with Crippen LogP contribution in [-0.4, -0.2) is 30.6 Å². The van der Waals surface area contributed by atoms with E-state index in [2.05, 4.69) is 22.3 Å². The lowest BCUT2D eigenvalue weighted by Crippen LogP contribution is -2.27. The van der Waals surface area contributed by atoms with Crippen molar-refractivity contribution >= 4 is 28.5 Å². The van der Waals surface area contributed by atoms with Gasteiger partial charge in [0.2, 0.25) is 0 Å². The van der Waals surface area contributed by atoms with Crippen molar-refractivity contribution < 1.29 is 14.3 Å². The average Bonchev–Trinajstić information content (AvgIpc) is 3.42. The van der Waals surface area contributed by atoms with Crippen LogP contribution in [0.2, 0.25) is 0 Å². The van der Waals surface area contributed by atoms with Crippen LogP contribution < -0.4 is 0 Å². The number of fused-ring (bicyclic) bond motifs is 1. The molecule has 0 unspecified atom stereocenters. The molecule has 0 bridgehead atoms. The third-order valence-corrected chi connectivity index (χ3v) is 6.10. The Morgan fingerprint density at radius 1 is 1.22 bits per heavy atom. The second-order valence-corrected chi connectivity index (χ2v) is 8.98. The van der Waals surface area contributed by atoms with Gasteiger partial charge in [-0.15, -0.1) is 5.10 Å². The molecule has 0 radical (unpaired) electrons. The molecular weight excluding hydrogens is 365 g/mol. The van der Waals surface area contributed by atoms with E-state index in [1.54, 1.807) is 13.8 Å². The lowest BCUT2D eigenvalue weighted by molar-refractivity contribution is -0.138. The van der Waals surface area contributed by atoms with Crippen molar-refractivity contribution in [1.29, 1.82) is 0 Å². The molecular formula is C20H20FN3O2S. The van der Waals surface area contributed by atoms with Gasteiger partial charge in [0, 0.05) is 0 Å². The van der Waals surface area contributed by atoms with E-state index in [9.17, 15) is 14.3 Å². The molecule has 1 aliphatic rings. The summed E-state index contributed by atoms with van der Waals surface area (Å²) < 4.78 is 14.5. The lowest BCUT2D eigenvalue weighted by Gasteiger charge is -2.18. The predicted octanol–water partition coefficient (Wildman–Crippen LogP) is 4.45. The van der Waals surface area contributed by atoms with Crippen LogP contribution >= 0.6 is 11.8 Å². The van der Waals surface area contributed by atoms with Gasteiger partial charge in [-0.25, -0.2) is 0 Å². The molecule has 0 aliphatic heterocycles. The van der Waals surface area contributed by atoms with Crippen LogP contribution in [0.15, 0.2) is 41.6 Å². The number of aliphatic carboxylic acids is 1. The first-order valence-electron chi connectivity index (χ1n) is 8.88. The van der Waals surface area contributed by atoms with Gasteiger partial charge in [-0.2, -0.15) is 4.39 Å². The first-order valence-corrected chi connectivity index (χ1v) is 9.70. The van der Waals surface area contributed by atoms with E-state index in [0.29, 0.717) is 5.92 Å². The fraction of sp³-hybridized carbons (Fsp3) is 0.350. The molecule has 4 rings (SSSR count). The summed E-state index contributed by atoms with van der Waals surface area (Å²) in [6, 6.07) is 12.3. The van der Waals surface area contributed by atoms with Crippen molar-refractivity contribution in [1.82, 2.24) is 14.8 Å². The Morgan fingerprint density at radius 2 is 1.93 bits per heavy atom. The monoisotopic (exact) mass is 385 g/mol. The van der Waals surface area contributed by atoms with Gasteiger partial charge in [-0.05, 0) is 54.5 Å². The van der Waals surface area contributed by atoms with E-state index in [-0.39, 0.29) is 11.7 Å². The number of thioether (sulfide) groups is 1. The Balaban J connectivity index is 1.72. The number of carboxylic acid groups (broad SMARTS) is 1. The minimum Gasteiger partial charge on any atom is -0.480 e. The zero-order chi connectivity index (χ0) is 19.2. The zero-order valence-corrected chi connectivity index (χ0v) is 16.0. The van der Waals surface area contributed by atoms with Crippen molar-refractivity contribution in [3.63, 3.8) is 0 Å². The van der Waals surface area contributed by atoms with Crippen molar-refractivity contribution in [2.24, 2.45) is 0 Å². The molecule has 1 saturated carbocycles. The lowest BCUT2D eigenvalue weighted by atomic mass is 9.97.